The highest BCUT2D eigenvalue weighted by Gasteiger charge is 2.17. The maximum absolute atomic E-state index is 13.5. The number of hydrogen-bond acceptors (Lipinski definition) is 4. The predicted molar refractivity (Wildman–Crippen MR) is 78.7 cm³/mol. The summed E-state index contributed by atoms with van der Waals surface area (Å²) in [6.07, 6.45) is 0.514. The van der Waals surface area contributed by atoms with Gasteiger partial charge in [0.25, 0.3) is 0 Å². The van der Waals surface area contributed by atoms with E-state index in [4.69, 9.17) is 4.74 Å². The minimum atomic E-state index is -1.02. The molecule has 0 aliphatic carbocycles. The number of rotatable bonds is 4. The molecule has 1 aromatic heterocycles. The van der Waals surface area contributed by atoms with Crippen LogP contribution in [0.15, 0.2) is 42.5 Å². The molecule has 0 unspecified atom stereocenters. The first-order valence-electron chi connectivity index (χ1n) is 6.64. The second-order valence-electron chi connectivity index (χ2n) is 4.68. The fraction of sp³-hybridized carbons (Fsp3) is 0.0625. The van der Waals surface area contributed by atoms with Crippen LogP contribution in [0, 0.1) is 11.6 Å². The van der Waals surface area contributed by atoms with Crippen LogP contribution in [-0.2, 0) is 0 Å². The third kappa shape index (κ3) is 2.68. The largest absolute Gasteiger partial charge is 0.497 e. The van der Waals surface area contributed by atoms with Gasteiger partial charge in [-0.2, -0.15) is 0 Å². The standard InChI is InChI=1S/C16H11F2N3O2/c1-23-12-4-2-3-11(8-12)21-16(15(9-22)19-20-21)10-5-6-13(17)14(18)7-10/h2-9H,1H3. The summed E-state index contributed by atoms with van der Waals surface area (Å²) in [7, 11) is 1.52. The second kappa shape index (κ2) is 5.96. The lowest BCUT2D eigenvalue weighted by Crippen LogP contribution is -2.01. The second-order valence-corrected chi connectivity index (χ2v) is 4.68. The van der Waals surface area contributed by atoms with E-state index in [1.54, 1.807) is 24.3 Å². The van der Waals surface area contributed by atoms with Crippen molar-refractivity contribution in [2.24, 2.45) is 0 Å². The van der Waals surface area contributed by atoms with Crippen molar-refractivity contribution < 1.29 is 18.3 Å². The third-order valence-electron chi connectivity index (χ3n) is 3.30. The van der Waals surface area contributed by atoms with Crippen LogP contribution >= 0.6 is 0 Å². The highest BCUT2D eigenvalue weighted by Crippen LogP contribution is 2.27. The van der Waals surface area contributed by atoms with Gasteiger partial charge in [-0.1, -0.05) is 11.3 Å². The van der Waals surface area contributed by atoms with Crippen LogP contribution in [-0.4, -0.2) is 28.4 Å². The molecule has 0 aliphatic heterocycles. The van der Waals surface area contributed by atoms with Gasteiger partial charge >= 0.3 is 0 Å². The first-order valence-corrected chi connectivity index (χ1v) is 6.64. The quantitative estimate of drug-likeness (QED) is 0.694. The van der Waals surface area contributed by atoms with Crippen molar-refractivity contribution in [2.45, 2.75) is 0 Å². The molecule has 0 aliphatic rings. The summed E-state index contributed by atoms with van der Waals surface area (Å²) in [6, 6.07) is 10.3. The molecule has 0 radical (unpaired) electrons. The molecule has 0 spiro atoms. The zero-order valence-electron chi connectivity index (χ0n) is 12.0. The molecular formula is C16H11F2N3O2. The first-order chi connectivity index (χ1) is 11.1. The third-order valence-corrected chi connectivity index (χ3v) is 3.30. The molecule has 0 bridgehead atoms. The monoisotopic (exact) mass is 315 g/mol. The SMILES string of the molecule is COc1cccc(-n2nnc(C=O)c2-c2ccc(F)c(F)c2)c1. The summed E-state index contributed by atoms with van der Waals surface area (Å²) in [5, 5.41) is 7.71. The van der Waals surface area contributed by atoms with E-state index in [1.165, 1.54) is 17.9 Å². The molecule has 5 nitrogen and oxygen atoms in total. The van der Waals surface area contributed by atoms with Gasteiger partial charge in [0, 0.05) is 11.6 Å². The van der Waals surface area contributed by atoms with Crippen molar-refractivity contribution in [3.8, 4) is 22.7 Å². The fourth-order valence-electron chi connectivity index (χ4n) is 2.21. The minimum absolute atomic E-state index is 0.0267. The van der Waals surface area contributed by atoms with Crippen LogP contribution in [0.25, 0.3) is 16.9 Å². The molecule has 2 aromatic carbocycles. The minimum Gasteiger partial charge on any atom is -0.497 e. The van der Waals surface area contributed by atoms with Crippen molar-refractivity contribution in [1.29, 1.82) is 0 Å². The molecule has 0 N–H and O–H groups in total. The lowest BCUT2D eigenvalue weighted by atomic mass is 10.1. The Bertz CT molecular complexity index is 878. The van der Waals surface area contributed by atoms with Crippen LogP contribution in [0.1, 0.15) is 10.5 Å². The maximum Gasteiger partial charge on any atom is 0.172 e. The Balaban J connectivity index is 2.21. The lowest BCUT2D eigenvalue weighted by molar-refractivity contribution is 0.111. The highest BCUT2D eigenvalue weighted by atomic mass is 19.2. The van der Waals surface area contributed by atoms with Gasteiger partial charge in [-0.05, 0) is 30.3 Å². The predicted octanol–water partition coefficient (Wildman–Crippen LogP) is 3.03. The summed E-state index contributed by atoms with van der Waals surface area (Å²) in [4.78, 5) is 11.2. The molecular weight excluding hydrogens is 304 g/mol. The molecule has 7 heteroatoms. The number of carbonyl (C=O) groups is 1. The van der Waals surface area contributed by atoms with E-state index >= 15 is 0 Å². The molecule has 0 amide bonds. The highest BCUT2D eigenvalue weighted by molar-refractivity contribution is 5.84. The van der Waals surface area contributed by atoms with Gasteiger partial charge in [-0.15, -0.1) is 5.10 Å². The van der Waals surface area contributed by atoms with E-state index in [1.807, 2.05) is 0 Å². The summed E-state index contributed by atoms with van der Waals surface area (Å²) in [6.45, 7) is 0. The van der Waals surface area contributed by atoms with E-state index in [0.29, 0.717) is 23.3 Å². The Morgan fingerprint density at radius 3 is 2.65 bits per heavy atom. The molecule has 0 fully saturated rings. The van der Waals surface area contributed by atoms with Gasteiger partial charge in [0.05, 0.1) is 12.8 Å². The van der Waals surface area contributed by atoms with E-state index in [-0.39, 0.29) is 11.4 Å². The molecule has 1 heterocycles. The number of nitrogens with zero attached hydrogens (tertiary/aromatic N) is 3. The van der Waals surface area contributed by atoms with Crippen molar-refractivity contribution in [3.63, 3.8) is 0 Å². The average Bonchev–Trinajstić information content (AvgIpc) is 3.01. The first kappa shape index (κ1) is 14.8. The molecule has 0 saturated heterocycles. The zero-order valence-corrected chi connectivity index (χ0v) is 12.0. The molecule has 3 rings (SSSR count). The number of methoxy groups -OCH3 is 1. The van der Waals surface area contributed by atoms with Gasteiger partial charge < -0.3 is 4.74 Å². The number of carbonyl (C=O) groups excluding carboxylic acids is 1. The summed E-state index contributed by atoms with van der Waals surface area (Å²) >= 11 is 0. The van der Waals surface area contributed by atoms with Crippen molar-refractivity contribution in [1.82, 2.24) is 15.0 Å². The van der Waals surface area contributed by atoms with Crippen LogP contribution in [0.3, 0.4) is 0 Å². The summed E-state index contributed by atoms with van der Waals surface area (Å²) in [5.41, 5.74) is 1.16. The van der Waals surface area contributed by atoms with Crippen molar-refractivity contribution in [2.75, 3.05) is 7.11 Å². The number of benzene rings is 2. The fourth-order valence-corrected chi connectivity index (χ4v) is 2.21. The lowest BCUT2D eigenvalue weighted by Gasteiger charge is -2.09. The van der Waals surface area contributed by atoms with Gasteiger partial charge in [0.1, 0.15) is 11.4 Å². The Hall–Kier alpha value is -3.09. The van der Waals surface area contributed by atoms with Crippen LogP contribution in [0.2, 0.25) is 0 Å². The van der Waals surface area contributed by atoms with E-state index in [2.05, 4.69) is 10.3 Å². The average molecular weight is 315 g/mol. The van der Waals surface area contributed by atoms with Crippen molar-refractivity contribution in [3.05, 3.63) is 59.8 Å². The summed E-state index contributed by atoms with van der Waals surface area (Å²) in [5.74, 6) is -1.40. The molecule has 23 heavy (non-hydrogen) atoms. The molecule has 3 aromatic rings. The Morgan fingerprint density at radius 2 is 1.96 bits per heavy atom. The van der Waals surface area contributed by atoms with Crippen LogP contribution in [0.4, 0.5) is 8.78 Å². The Kier molecular flexibility index (Phi) is 3.84. The van der Waals surface area contributed by atoms with E-state index < -0.39 is 11.6 Å². The molecule has 0 atom stereocenters. The van der Waals surface area contributed by atoms with Gasteiger partial charge in [0.15, 0.2) is 23.6 Å². The summed E-state index contributed by atoms with van der Waals surface area (Å²) < 4.78 is 33.2. The smallest absolute Gasteiger partial charge is 0.172 e. The normalized spacial score (nSPS) is 10.6. The van der Waals surface area contributed by atoms with Gasteiger partial charge in [-0.3, -0.25) is 4.79 Å². The van der Waals surface area contributed by atoms with Gasteiger partial charge in [-0.25, -0.2) is 13.5 Å². The number of ether oxygens (including phenoxy) is 1. The Morgan fingerprint density at radius 1 is 1.13 bits per heavy atom. The van der Waals surface area contributed by atoms with Crippen LogP contribution < -0.4 is 4.74 Å². The molecule has 0 saturated carbocycles. The van der Waals surface area contributed by atoms with E-state index in [0.717, 1.165) is 12.1 Å². The maximum atomic E-state index is 13.5. The number of aldehydes is 1. The zero-order chi connectivity index (χ0) is 16.4. The number of hydrogen-bond donors (Lipinski definition) is 0. The Labute approximate surface area is 130 Å². The number of halogens is 2. The van der Waals surface area contributed by atoms with Crippen LogP contribution in [0.5, 0.6) is 5.75 Å². The van der Waals surface area contributed by atoms with E-state index in [9.17, 15) is 13.6 Å². The number of aromatic nitrogens is 3. The van der Waals surface area contributed by atoms with Crippen molar-refractivity contribution >= 4 is 6.29 Å². The molecule has 116 valence electrons. The van der Waals surface area contributed by atoms with Gasteiger partial charge in [0.2, 0.25) is 0 Å². The topological polar surface area (TPSA) is 57.0 Å².